The van der Waals surface area contributed by atoms with E-state index in [0.717, 1.165) is 16.7 Å². The number of hydrogen-bond donors (Lipinski definition) is 0. The minimum absolute atomic E-state index is 0. The van der Waals surface area contributed by atoms with E-state index >= 15 is 0 Å². The standard InChI is InChI=1S/C9H9.3Li/c1-7-5-4-6-8(2)9(7)3;;;/h4-6H,1-3H2;;;/q-3;3*+1. The van der Waals surface area contributed by atoms with Crippen LogP contribution < -0.4 is 56.6 Å². The van der Waals surface area contributed by atoms with Crippen LogP contribution in [0.3, 0.4) is 0 Å². The van der Waals surface area contributed by atoms with Gasteiger partial charge < -0.3 is 16.7 Å². The Morgan fingerprint density at radius 1 is 0.750 bits per heavy atom. The van der Waals surface area contributed by atoms with Crippen molar-refractivity contribution in [2.24, 2.45) is 0 Å². The third kappa shape index (κ3) is 4.60. The molecule has 0 saturated carbocycles. The molecule has 48 valence electrons. The Morgan fingerprint density at radius 3 is 1.33 bits per heavy atom. The molecule has 0 heterocycles. The van der Waals surface area contributed by atoms with Gasteiger partial charge in [-0.25, -0.2) is 12.1 Å². The number of benzene rings is 1. The molecule has 0 fully saturated rings. The minimum Gasteiger partial charge on any atom is -0.316 e. The molecule has 1 rings (SSSR count). The van der Waals surface area contributed by atoms with Crippen molar-refractivity contribution in [3.05, 3.63) is 55.7 Å². The van der Waals surface area contributed by atoms with E-state index in [4.69, 9.17) is 0 Å². The zero-order valence-electron chi connectivity index (χ0n) is 8.35. The zero-order valence-corrected chi connectivity index (χ0v) is 8.35. The normalized spacial score (nSPS) is 7.00. The summed E-state index contributed by atoms with van der Waals surface area (Å²) in [7, 11) is 0. The molecule has 1 aromatic rings. The van der Waals surface area contributed by atoms with Gasteiger partial charge in [0.1, 0.15) is 0 Å². The smallest absolute Gasteiger partial charge is 0.316 e. The van der Waals surface area contributed by atoms with Crippen LogP contribution in [0.4, 0.5) is 0 Å². The molecule has 0 aliphatic heterocycles. The van der Waals surface area contributed by atoms with Crippen LogP contribution in [0, 0.1) is 20.8 Å². The fraction of sp³-hybridized carbons (Fsp3) is 0. The van der Waals surface area contributed by atoms with Gasteiger partial charge in [-0.3, -0.25) is 20.8 Å². The van der Waals surface area contributed by atoms with E-state index in [9.17, 15) is 0 Å². The summed E-state index contributed by atoms with van der Waals surface area (Å²) in [6, 6.07) is 5.79. The number of hydrogen-bond acceptors (Lipinski definition) is 0. The van der Waals surface area contributed by atoms with Crippen molar-refractivity contribution in [3.63, 3.8) is 0 Å². The molecule has 0 radical (unpaired) electrons. The Bertz CT molecular complexity index is 201. The monoisotopic (exact) mass is 138 g/mol. The van der Waals surface area contributed by atoms with E-state index < -0.39 is 0 Å². The summed E-state index contributed by atoms with van der Waals surface area (Å²) in [5, 5.41) is 0. The molecule has 0 amide bonds. The molecular formula is C9H9Li3. The maximum absolute atomic E-state index is 3.79. The summed E-state index contributed by atoms with van der Waals surface area (Å²) >= 11 is 0. The maximum Gasteiger partial charge on any atom is 1.00 e. The van der Waals surface area contributed by atoms with Crippen molar-refractivity contribution in [1.82, 2.24) is 0 Å². The van der Waals surface area contributed by atoms with Gasteiger partial charge in [0.15, 0.2) is 0 Å². The first-order valence-corrected chi connectivity index (χ1v) is 2.80. The molecule has 0 aliphatic rings. The summed E-state index contributed by atoms with van der Waals surface area (Å²) in [5.41, 5.74) is 2.86. The predicted molar refractivity (Wildman–Crippen MR) is 39.8 cm³/mol. The average molecular weight is 138 g/mol. The topological polar surface area (TPSA) is 0 Å². The Morgan fingerprint density at radius 2 is 1.08 bits per heavy atom. The molecule has 3 heteroatoms. The number of rotatable bonds is 0. The van der Waals surface area contributed by atoms with Crippen molar-refractivity contribution in [2.45, 2.75) is 0 Å². The quantitative estimate of drug-likeness (QED) is 0.247. The van der Waals surface area contributed by atoms with Crippen molar-refractivity contribution >= 4 is 0 Å². The van der Waals surface area contributed by atoms with Gasteiger partial charge in [-0.15, -0.1) is 0 Å². The van der Waals surface area contributed by atoms with Crippen LogP contribution in [-0.4, -0.2) is 0 Å². The average Bonchev–Trinajstić information content (AvgIpc) is 1.83. The fourth-order valence-corrected chi connectivity index (χ4v) is 0.688. The summed E-state index contributed by atoms with van der Waals surface area (Å²) in [4.78, 5) is 0. The Kier molecular flexibility index (Phi) is 12.6. The molecular weight excluding hydrogens is 129 g/mol. The van der Waals surface area contributed by atoms with Crippen LogP contribution in [0.1, 0.15) is 16.7 Å². The summed E-state index contributed by atoms with van der Waals surface area (Å²) < 4.78 is 0. The van der Waals surface area contributed by atoms with Crippen molar-refractivity contribution in [1.29, 1.82) is 0 Å². The van der Waals surface area contributed by atoms with Gasteiger partial charge in [-0.1, -0.05) is 0 Å². The third-order valence-electron chi connectivity index (χ3n) is 1.37. The first-order chi connectivity index (χ1) is 4.22. The van der Waals surface area contributed by atoms with Crippen LogP contribution >= 0.6 is 0 Å². The van der Waals surface area contributed by atoms with Crippen molar-refractivity contribution in [2.75, 3.05) is 0 Å². The van der Waals surface area contributed by atoms with Gasteiger partial charge in [-0.05, 0) is 0 Å². The van der Waals surface area contributed by atoms with Crippen LogP contribution in [0.2, 0.25) is 0 Å². The Hall–Kier alpha value is 0.622. The van der Waals surface area contributed by atoms with E-state index in [-0.39, 0.29) is 56.6 Å². The second-order valence-corrected chi connectivity index (χ2v) is 2.05. The summed E-state index contributed by atoms with van der Waals surface area (Å²) in [6.45, 7) is 11.4. The Labute approximate surface area is 111 Å². The second-order valence-electron chi connectivity index (χ2n) is 2.05. The van der Waals surface area contributed by atoms with Gasteiger partial charge in [0, 0.05) is 0 Å². The molecule has 0 N–H and O–H groups in total. The molecule has 0 saturated heterocycles. The molecule has 0 aliphatic carbocycles. The van der Waals surface area contributed by atoms with E-state index in [1.165, 1.54) is 0 Å². The first-order valence-electron chi connectivity index (χ1n) is 2.80. The molecule has 0 unspecified atom stereocenters. The van der Waals surface area contributed by atoms with E-state index in [0.29, 0.717) is 0 Å². The molecule has 0 aromatic heterocycles. The van der Waals surface area contributed by atoms with Gasteiger partial charge in [0.25, 0.3) is 0 Å². The molecule has 1 aromatic carbocycles. The SMILES string of the molecule is [CH2-]c1cccc([CH2-])c1[CH2-].[Li+].[Li+].[Li+]. The summed E-state index contributed by atoms with van der Waals surface area (Å²) in [6.07, 6.45) is 0. The van der Waals surface area contributed by atoms with Crippen molar-refractivity contribution in [3.8, 4) is 0 Å². The van der Waals surface area contributed by atoms with E-state index in [1.807, 2.05) is 18.2 Å². The van der Waals surface area contributed by atoms with Crippen LogP contribution in [0.25, 0.3) is 0 Å². The summed E-state index contributed by atoms with van der Waals surface area (Å²) in [5.74, 6) is 0. The minimum atomic E-state index is 0. The third-order valence-corrected chi connectivity index (χ3v) is 1.37. The van der Waals surface area contributed by atoms with Crippen LogP contribution in [-0.2, 0) is 0 Å². The largest absolute Gasteiger partial charge is 1.00 e. The molecule has 0 bridgehead atoms. The van der Waals surface area contributed by atoms with Gasteiger partial charge in [-0.2, -0.15) is 6.07 Å². The first kappa shape index (κ1) is 18.4. The van der Waals surface area contributed by atoms with E-state index in [2.05, 4.69) is 20.8 Å². The van der Waals surface area contributed by atoms with Gasteiger partial charge in [0.2, 0.25) is 0 Å². The van der Waals surface area contributed by atoms with Gasteiger partial charge in [0.05, 0.1) is 0 Å². The molecule has 0 spiro atoms. The second kappa shape index (κ2) is 8.23. The van der Waals surface area contributed by atoms with E-state index in [1.54, 1.807) is 0 Å². The van der Waals surface area contributed by atoms with Crippen LogP contribution in [0.5, 0.6) is 0 Å². The predicted octanol–water partition coefficient (Wildman–Crippen LogP) is -6.75. The molecule has 0 atom stereocenters. The zero-order chi connectivity index (χ0) is 6.85. The fourth-order valence-electron chi connectivity index (χ4n) is 0.688. The van der Waals surface area contributed by atoms with Gasteiger partial charge >= 0.3 is 56.6 Å². The molecule has 12 heavy (non-hydrogen) atoms. The Balaban J connectivity index is -0.000000270. The van der Waals surface area contributed by atoms with Crippen LogP contribution in [0.15, 0.2) is 18.2 Å². The maximum atomic E-state index is 3.79. The molecule has 0 nitrogen and oxygen atoms in total. The van der Waals surface area contributed by atoms with Crippen molar-refractivity contribution < 1.29 is 56.6 Å².